The van der Waals surface area contributed by atoms with Gasteiger partial charge in [0, 0.05) is 18.1 Å². The molecule has 0 atom stereocenters. The smallest absolute Gasteiger partial charge is 0.0183 e. The van der Waals surface area contributed by atoms with Crippen molar-refractivity contribution in [3.8, 4) is 0 Å². The van der Waals surface area contributed by atoms with E-state index in [0.717, 1.165) is 6.04 Å². The molecule has 100 valence electrons. The van der Waals surface area contributed by atoms with Crippen LogP contribution >= 0.6 is 0 Å². The second-order valence-electron chi connectivity index (χ2n) is 7.45. The normalized spacial score (nSPS) is 29.8. The first-order valence-electron chi connectivity index (χ1n) is 7.27. The van der Waals surface area contributed by atoms with Gasteiger partial charge in [0.25, 0.3) is 0 Å². The van der Waals surface area contributed by atoms with E-state index >= 15 is 0 Å². The van der Waals surface area contributed by atoms with Crippen molar-refractivity contribution in [1.82, 2.24) is 10.2 Å². The van der Waals surface area contributed by atoms with Gasteiger partial charge in [-0.25, -0.2) is 0 Å². The van der Waals surface area contributed by atoms with E-state index in [-0.39, 0.29) is 0 Å². The Morgan fingerprint density at radius 2 is 1.47 bits per heavy atom. The number of nitrogens with one attached hydrogen (secondary N) is 1. The molecule has 2 nitrogen and oxygen atoms in total. The highest BCUT2D eigenvalue weighted by atomic mass is 15.2. The zero-order chi connectivity index (χ0) is 12.8. The van der Waals surface area contributed by atoms with Crippen LogP contribution in [0.15, 0.2) is 0 Å². The molecule has 2 aliphatic rings. The molecule has 1 N–H and O–H groups in total. The molecule has 1 saturated carbocycles. The monoisotopic (exact) mass is 238 g/mol. The van der Waals surface area contributed by atoms with Gasteiger partial charge in [-0.1, -0.05) is 27.7 Å². The van der Waals surface area contributed by atoms with E-state index in [1.54, 1.807) is 0 Å². The predicted octanol–water partition coefficient (Wildman–Crippen LogP) is 2.88. The second-order valence-corrected chi connectivity index (χ2v) is 7.45. The average Bonchev–Trinajstić information content (AvgIpc) is 2.62. The number of hydrogen-bond donors (Lipinski definition) is 1. The fraction of sp³-hybridized carbons (Fsp3) is 1.00. The Labute approximate surface area is 107 Å². The van der Waals surface area contributed by atoms with E-state index in [1.807, 2.05) is 0 Å². The lowest BCUT2D eigenvalue weighted by Crippen LogP contribution is -2.46. The van der Waals surface area contributed by atoms with Crippen LogP contribution in [0, 0.1) is 10.8 Å². The summed E-state index contributed by atoms with van der Waals surface area (Å²) in [6.45, 7) is 16.7. The van der Waals surface area contributed by atoms with Crippen LogP contribution in [0.2, 0.25) is 0 Å². The number of hydrogen-bond acceptors (Lipinski definition) is 2. The van der Waals surface area contributed by atoms with Crippen LogP contribution in [0.25, 0.3) is 0 Å². The molecule has 2 heteroatoms. The number of likely N-dealkylation sites (tertiary alicyclic amines) is 1. The molecule has 0 spiro atoms. The molecule has 0 unspecified atom stereocenters. The first-order valence-corrected chi connectivity index (χ1v) is 7.27. The van der Waals surface area contributed by atoms with Crippen LogP contribution in [0.5, 0.6) is 0 Å². The summed E-state index contributed by atoms with van der Waals surface area (Å²) in [6.07, 6.45) is 2.64. The van der Waals surface area contributed by atoms with Crippen molar-refractivity contribution in [2.45, 2.75) is 72.5 Å². The molecule has 1 saturated heterocycles. The van der Waals surface area contributed by atoms with Crippen LogP contribution < -0.4 is 5.32 Å². The Morgan fingerprint density at radius 3 is 1.82 bits per heavy atom. The van der Waals surface area contributed by atoms with Gasteiger partial charge in [-0.15, -0.1) is 0 Å². The van der Waals surface area contributed by atoms with E-state index in [2.05, 4.69) is 51.8 Å². The molecule has 0 radical (unpaired) electrons. The molecule has 1 aliphatic heterocycles. The number of rotatable bonds is 3. The van der Waals surface area contributed by atoms with Crippen molar-refractivity contribution in [3.05, 3.63) is 0 Å². The van der Waals surface area contributed by atoms with Gasteiger partial charge in [0.2, 0.25) is 0 Å². The van der Waals surface area contributed by atoms with Gasteiger partial charge in [0.15, 0.2) is 0 Å². The SMILES string of the molecule is CC(C)N1CCC(NC2C(C)(C)C2(C)C)CC1. The maximum absolute atomic E-state index is 3.91. The number of nitrogens with zero attached hydrogens (tertiary/aromatic N) is 1. The molecule has 2 fully saturated rings. The summed E-state index contributed by atoms with van der Waals surface area (Å²) in [5.41, 5.74) is 0.949. The molecular formula is C15H30N2. The standard InChI is InChI=1S/C15H30N2/c1-11(2)17-9-7-12(8-10-17)16-13-14(3,4)15(13,5)6/h11-13,16H,7-10H2,1-6H3. The summed E-state index contributed by atoms with van der Waals surface area (Å²) in [5.74, 6) is 0. The molecule has 0 bridgehead atoms. The van der Waals surface area contributed by atoms with Gasteiger partial charge in [-0.2, -0.15) is 0 Å². The highest BCUT2D eigenvalue weighted by Crippen LogP contribution is 2.62. The van der Waals surface area contributed by atoms with Gasteiger partial charge in [0.1, 0.15) is 0 Å². The third-order valence-electron chi connectivity index (χ3n) is 5.68. The largest absolute Gasteiger partial charge is 0.310 e. The molecule has 0 aromatic heterocycles. The van der Waals surface area contributed by atoms with Gasteiger partial charge < -0.3 is 10.2 Å². The molecule has 1 heterocycles. The topological polar surface area (TPSA) is 15.3 Å². The molecule has 0 aromatic rings. The Kier molecular flexibility index (Phi) is 3.33. The van der Waals surface area contributed by atoms with Gasteiger partial charge in [-0.3, -0.25) is 0 Å². The molecule has 0 aromatic carbocycles. The van der Waals surface area contributed by atoms with E-state index in [1.165, 1.54) is 25.9 Å². The van der Waals surface area contributed by atoms with Gasteiger partial charge >= 0.3 is 0 Å². The quantitative estimate of drug-likeness (QED) is 0.813. The maximum atomic E-state index is 3.91. The summed E-state index contributed by atoms with van der Waals surface area (Å²) in [6, 6.07) is 2.17. The first-order chi connectivity index (χ1) is 7.76. The lowest BCUT2D eigenvalue weighted by molar-refractivity contribution is 0.158. The Morgan fingerprint density at radius 1 is 1.00 bits per heavy atom. The van der Waals surface area contributed by atoms with Crippen molar-refractivity contribution in [2.75, 3.05) is 13.1 Å². The lowest BCUT2D eigenvalue weighted by Gasteiger charge is -2.35. The zero-order valence-electron chi connectivity index (χ0n) is 12.5. The lowest BCUT2D eigenvalue weighted by atomic mass is 10.0. The second kappa shape index (κ2) is 4.24. The Bertz CT molecular complexity index is 259. The third kappa shape index (κ3) is 2.26. The minimum Gasteiger partial charge on any atom is -0.310 e. The minimum atomic E-state index is 0.474. The summed E-state index contributed by atoms with van der Waals surface area (Å²) >= 11 is 0. The van der Waals surface area contributed by atoms with E-state index in [4.69, 9.17) is 0 Å². The Balaban J connectivity index is 1.80. The summed E-state index contributed by atoms with van der Waals surface area (Å²) in [5, 5.41) is 3.91. The van der Waals surface area contributed by atoms with Crippen molar-refractivity contribution in [2.24, 2.45) is 10.8 Å². The maximum Gasteiger partial charge on any atom is 0.0183 e. The average molecular weight is 238 g/mol. The molecule has 17 heavy (non-hydrogen) atoms. The van der Waals surface area contributed by atoms with E-state index in [9.17, 15) is 0 Å². The highest BCUT2D eigenvalue weighted by molar-refractivity contribution is 5.18. The molecule has 2 rings (SSSR count). The zero-order valence-corrected chi connectivity index (χ0v) is 12.5. The van der Waals surface area contributed by atoms with Crippen LogP contribution in [-0.2, 0) is 0 Å². The summed E-state index contributed by atoms with van der Waals surface area (Å²) in [7, 11) is 0. The molecule has 0 amide bonds. The van der Waals surface area contributed by atoms with Crippen LogP contribution in [0.4, 0.5) is 0 Å². The van der Waals surface area contributed by atoms with Crippen molar-refractivity contribution in [3.63, 3.8) is 0 Å². The fourth-order valence-electron chi connectivity index (χ4n) is 3.43. The molecular weight excluding hydrogens is 208 g/mol. The van der Waals surface area contributed by atoms with Crippen molar-refractivity contribution >= 4 is 0 Å². The van der Waals surface area contributed by atoms with E-state index in [0.29, 0.717) is 22.9 Å². The van der Waals surface area contributed by atoms with Crippen LogP contribution in [0.3, 0.4) is 0 Å². The van der Waals surface area contributed by atoms with Gasteiger partial charge in [0.05, 0.1) is 0 Å². The van der Waals surface area contributed by atoms with Gasteiger partial charge in [-0.05, 0) is 50.6 Å². The predicted molar refractivity (Wildman–Crippen MR) is 74.2 cm³/mol. The summed E-state index contributed by atoms with van der Waals surface area (Å²) in [4.78, 5) is 2.60. The first kappa shape index (κ1) is 13.4. The Hall–Kier alpha value is -0.0800. The molecule has 1 aliphatic carbocycles. The fourth-order valence-corrected chi connectivity index (χ4v) is 3.43. The van der Waals surface area contributed by atoms with Crippen LogP contribution in [0.1, 0.15) is 54.4 Å². The minimum absolute atomic E-state index is 0.474. The number of piperidine rings is 1. The van der Waals surface area contributed by atoms with E-state index < -0.39 is 0 Å². The van der Waals surface area contributed by atoms with Crippen molar-refractivity contribution in [1.29, 1.82) is 0 Å². The van der Waals surface area contributed by atoms with Crippen molar-refractivity contribution < 1.29 is 0 Å². The highest BCUT2D eigenvalue weighted by Gasteiger charge is 2.64. The third-order valence-corrected chi connectivity index (χ3v) is 5.68. The van der Waals surface area contributed by atoms with Crippen LogP contribution in [-0.4, -0.2) is 36.1 Å². The summed E-state index contributed by atoms with van der Waals surface area (Å²) < 4.78 is 0.